The summed E-state index contributed by atoms with van der Waals surface area (Å²) < 4.78 is 5.36. The van der Waals surface area contributed by atoms with Crippen LogP contribution in [-0.4, -0.2) is 71.8 Å². The number of amides is 2. The molecule has 2 amide bonds. The van der Waals surface area contributed by atoms with Gasteiger partial charge in [-0.05, 0) is 12.1 Å². The van der Waals surface area contributed by atoms with E-state index in [1.54, 1.807) is 18.2 Å². The Hall–Kier alpha value is -2.03. The Labute approximate surface area is 134 Å². The first-order valence-corrected chi connectivity index (χ1v) is 7.51. The van der Waals surface area contributed by atoms with Crippen LogP contribution in [0, 0.1) is 0 Å². The van der Waals surface area contributed by atoms with Crippen LogP contribution in [0.3, 0.4) is 0 Å². The number of nitrogens with zero attached hydrogens (tertiary/aromatic N) is 2. The normalized spacial score (nSPS) is 21.6. The first-order valence-electron chi connectivity index (χ1n) is 7.51. The topological polar surface area (TPSA) is 118 Å². The van der Waals surface area contributed by atoms with Crippen molar-refractivity contribution >= 4 is 11.8 Å². The van der Waals surface area contributed by atoms with Gasteiger partial charge in [0.15, 0.2) is 0 Å². The molecule has 1 fully saturated rings. The molecule has 1 saturated heterocycles. The van der Waals surface area contributed by atoms with E-state index in [2.05, 4.69) is 10.3 Å². The summed E-state index contributed by atoms with van der Waals surface area (Å²) in [5.74, 6) is -0.518. The molecule has 1 atom stereocenters. The van der Waals surface area contributed by atoms with Crippen molar-refractivity contribution < 1.29 is 19.4 Å². The number of hydrogen-bond donors (Lipinski definition) is 3. The summed E-state index contributed by atoms with van der Waals surface area (Å²) in [5.41, 5.74) is 4.32. The third-order valence-corrected chi connectivity index (χ3v) is 3.55. The van der Waals surface area contributed by atoms with E-state index in [1.807, 2.05) is 0 Å². The molecule has 0 saturated carbocycles. The lowest BCUT2D eigenvalue weighted by atomic mass is 10.0. The van der Waals surface area contributed by atoms with Crippen LogP contribution in [0.4, 0.5) is 0 Å². The highest BCUT2D eigenvalue weighted by atomic mass is 16.5. The molecule has 2 rings (SSSR count). The molecule has 0 aromatic carbocycles. The molecule has 0 bridgehead atoms. The van der Waals surface area contributed by atoms with Crippen LogP contribution < -0.4 is 11.1 Å². The third kappa shape index (κ3) is 4.98. The minimum absolute atomic E-state index is 0.0329. The van der Waals surface area contributed by atoms with E-state index in [-0.39, 0.29) is 50.2 Å². The molecule has 0 radical (unpaired) electrons. The highest BCUT2D eigenvalue weighted by Gasteiger charge is 2.34. The van der Waals surface area contributed by atoms with Gasteiger partial charge in [0.25, 0.3) is 5.91 Å². The molecule has 0 spiro atoms. The maximum absolute atomic E-state index is 12.0. The predicted molar refractivity (Wildman–Crippen MR) is 82.6 cm³/mol. The van der Waals surface area contributed by atoms with Crippen LogP contribution in [0.25, 0.3) is 0 Å². The number of carbonyl (C=O) groups is 2. The lowest BCUT2D eigenvalue weighted by Gasteiger charge is -2.30. The van der Waals surface area contributed by atoms with Gasteiger partial charge in [0.1, 0.15) is 11.3 Å². The second kappa shape index (κ2) is 8.00. The molecule has 23 heavy (non-hydrogen) atoms. The molecule has 126 valence electrons. The number of aliphatic hydroxyl groups is 1. The Kier molecular flexibility index (Phi) is 6.03. The minimum atomic E-state index is -1.34. The summed E-state index contributed by atoms with van der Waals surface area (Å²) in [7, 11) is 0. The van der Waals surface area contributed by atoms with Crippen LogP contribution in [0.2, 0.25) is 0 Å². The van der Waals surface area contributed by atoms with E-state index >= 15 is 0 Å². The van der Waals surface area contributed by atoms with Crippen LogP contribution in [0.15, 0.2) is 24.4 Å². The number of nitrogens with two attached hydrogens (primary N) is 1. The van der Waals surface area contributed by atoms with E-state index in [9.17, 15) is 14.7 Å². The third-order valence-electron chi connectivity index (χ3n) is 3.55. The predicted octanol–water partition coefficient (Wildman–Crippen LogP) is -1.25. The van der Waals surface area contributed by atoms with E-state index in [0.717, 1.165) is 0 Å². The van der Waals surface area contributed by atoms with Gasteiger partial charge in [-0.15, -0.1) is 0 Å². The molecule has 1 aromatic heterocycles. The van der Waals surface area contributed by atoms with Crippen molar-refractivity contribution in [3.8, 4) is 0 Å². The highest BCUT2D eigenvalue weighted by molar-refractivity contribution is 5.92. The number of carbonyl (C=O) groups excluding carboxylic acids is 2. The smallest absolute Gasteiger partial charge is 0.269 e. The van der Waals surface area contributed by atoms with E-state index < -0.39 is 5.60 Å². The van der Waals surface area contributed by atoms with Gasteiger partial charge in [0, 0.05) is 25.7 Å². The quantitative estimate of drug-likeness (QED) is 0.623. The Morgan fingerprint density at radius 2 is 2.30 bits per heavy atom. The fraction of sp³-hybridized carbons (Fsp3) is 0.533. The lowest BCUT2D eigenvalue weighted by Crippen LogP contribution is -2.53. The molecule has 4 N–H and O–H groups in total. The molecule has 1 aromatic rings. The van der Waals surface area contributed by atoms with Gasteiger partial charge < -0.3 is 25.8 Å². The molecule has 1 unspecified atom stereocenters. The molecule has 8 heteroatoms. The first-order chi connectivity index (χ1) is 11.0. The Balaban J connectivity index is 1.96. The van der Waals surface area contributed by atoms with Gasteiger partial charge in [-0.25, -0.2) is 0 Å². The zero-order valence-electron chi connectivity index (χ0n) is 12.9. The van der Waals surface area contributed by atoms with Gasteiger partial charge in [-0.2, -0.15) is 0 Å². The number of hydrogen-bond acceptors (Lipinski definition) is 6. The van der Waals surface area contributed by atoms with Gasteiger partial charge >= 0.3 is 0 Å². The van der Waals surface area contributed by atoms with Crippen molar-refractivity contribution in [3.05, 3.63) is 30.1 Å². The van der Waals surface area contributed by atoms with Crippen molar-refractivity contribution in [3.63, 3.8) is 0 Å². The van der Waals surface area contributed by atoms with Crippen LogP contribution in [0.5, 0.6) is 0 Å². The van der Waals surface area contributed by atoms with Crippen molar-refractivity contribution in [1.29, 1.82) is 0 Å². The van der Waals surface area contributed by atoms with Crippen molar-refractivity contribution in [1.82, 2.24) is 15.2 Å². The van der Waals surface area contributed by atoms with Gasteiger partial charge in [0.05, 0.1) is 26.3 Å². The monoisotopic (exact) mass is 322 g/mol. The summed E-state index contributed by atoms with van der Waals surface area (Å²) in [5, 5.41) is 13.3. The van der Waals surface area contributed by atoms with Crippen molar-refractivity contribution in [2.45, 2.75) is 12.0 Å². The molecular formula is C15H22N4O4. The second-order valence-corrected chi connectivity index (χ2v) is 5.53. The zero-order valence-corrected chi connectivity index (χ0v) is 12.9. The summed E-state index contributed by atoms with van der Waals surface area (Å²) in [6.07, 6.45) is 1.74. The number of nitrogens with one attached hydrogen (secondary N) is 1. The number of rotatable bonds is 5. The SMILES string of the molecule is NCCC(=O)N1CCOCC(O)(CNC(=O)c2ccccn2)C1. The molecular weight excluding hydrogens is 300 g/mol. The molecule has 1 aliphatic heterocycles. The standard InChI is InChI=1S/C15H22N4O4/c16-5-4-13(20)19-7-8-23-11-15(22,10-19)9-18-14(21)12-3-1-2-6-17-12/h1-3,6,22H,4-5,7-11,16H2,(H,18,21). The fourth-order valence-corrected chi connectivity index (χ4v) is 2.35. The average Bonchev–Trinajstić information content (AvgIpc) is 2.76. The van der Waals surface area contributed by atoms with Crippen LogP contribution >= 0.6 is 0 Å². The summed E-state index contributed by atoms with van der Waals surface area (Å²) in [6.45, 7) is 1.10. The highest BCUT2D eigenvalue weighted by Crippen LogP contribution is 2.13. The maximum Gasteiger partial charge on any atom is 0.269 e. The lowest BCUT2D eigenvalue weighted by molar-refractivity contribution is -0.133. The molecule has 8 nitrogen and oxygen atoms in total. The molecule has 0 aliphatic carbocycles. The Morgan fingerprint density at radius 3 is 3.00 bits per heavy atom. The largest absolute Gasteiger partial charge is 0.384 e. The van der Waals surface area contributed by atoms with Crippen LogP contribution in [0.1, 0.15) is 16.9 Å². The second-order valence-electron chi connectivity index (χ2n) is 5.53. The number of pyridine rings is 1. The van der Waals surface area contributed by atoms with E-state index in [1.165, 1.54) is 11.1 Å². The summed E-state index contributed by atoms with van der Waals surface area (Å²) in [6, 6.07) is 5.00. The van der Waals surface area contributed by atoms with Gasteiger partial charge in [-0.3, -0.25) is 14.6 Å². The first kappa shape index (κ1) is 17.3. The van der Waals surface area contributed by atoms with Crippen molar-refractivity contribution in [2.75, 3.05) is 39.4 Å². The van der Waals surface area contributed by atoms with Crippen LogP contribution in [-0.2, 0) is 9.53 Å². The zero-order chi connectivity index (χ0) is 16.7. The number of ether oxygens (including phenoxy) is 1. The van der Waals surface area contributed by atoms with Crippen molar-refractivity contribution in [2.24, 2.45) is 5.73 Å². The Bertz CT molecular complexity index is 540. The van der Waals surface area contributed by atoms with E-state index in [4.69, 9.17) is 10.5 Å². The minimum Gasteiger partial charge on any atom is -0.384 e. The summed E-state index contributed by atoms with van der Waals surface area (Å²) >= 11 is 0. The maximum atomic E-state index is 12.0. The number of aromatic nitrogens is 1. The van der Waals surface area contributed by atoms with Gasteiger partial charge in [-0.1, -0.05) is 6.07 Å². The average molecular weight is 322 g/mol. The fourth-order valence-electron chi connectivity index (χ4n) is 2.35. The Morgan fingerprint density at radius 1 is 1.48 bits per heavy atom. The van der Waals surface area contributed by atoms with E-state index in [0.29, 0.717) is 13.2 Å². The number of β-amino-alcohol motifs (C(OH)–C–C–N with tert-alkyl or cyclic N) is 1. The molecule has 2 heterocycles. The van der Waals surface area contributed by atoms with Gasteiger partial charge in [0.2, 0.25) is 5.91 Å². The summed E-state index contributed by atoms with van der Waals surface area (Å²) in [4.78, 5) is 29.5. The molecule has 1 aliphatic rings.